The van der Waals surface area contributed by atoms with Gasteiger partial charge >= 0.3 is 5.97 Å². The van der Waals surface area contributed by atoms with Gasteiger partial charge in [-0.05, 0) is 7.05 Å². The third-order valence-electron chi connectivity index (χ3n) is 3.61. The Bertz CT molecular complexity index is 687. The number of anilines is 3. The maximum atomic E-state index is 11.5. The lowest BCUT2D eigenvalue weighted by Gasteiger charge is -2.33. The van der Waals surface area contributed by atoms with Crippen LogP contribution in [0.15, 0.2) is 24.9 Å². The van der Waals surface area contributed by atoms with E-state index < -0.39 is 5.97 Å². The lowest BCUT2D eigenvalue weighted by Crippen LogP contribution is -2.45. The summed E-state index contributed by atoms with van der Waals surface area (Å²) >= 11 is 0. The number of carboxylic acid groups (broad SMARTS) is 1. The summed E-state index contributed by atoms with van der Waals surface area (Å²) in [6.07, 6.45) is 6.05. The van der Waals surface area contributed by atoms with Crippen LogP contribution in [0.3, 0.4) is 0 Å². The van der Waals surface area contributed by atoms with Crippen molar-refractivity contribution in [2.45, 2.75) is 0 Å². The van der Waals surface area contributed by atoms with Gasteiger partial charge in [0.15, 0.2) is 11.5 Å². The highest BCUT2D eigenvalue weighted by atomic mass is 16.4. The predicted octanol–water partition coefficient (Wildman–Crippen LogP) is 0.460. The molecule has 1 aliphatic rings. The van der Waals surface area contributed by atoms with Crippen LogP contribution >= 0.6 is 0 Å². The van der Waals surface area contributed by atoms with E-state index in [1.54, 1.807) is 6.20 Å². The molecule has 3 rings (SSSR count). The molecule has 120 valence electrons. The number of carboxylic acids is 1. The number of nitrogens with zero attached hydrogens (tertiary/aromatic N) is 6. The molecule has 0 unspecified atom stereocenters. The second-order valence-corrected chi connectivity index (χ2v) is 5.27. The average molecular weight is 315 g/mol. The van der Waals surface area contributed by atoms with Gasteiger partial charge in [0.25, 0.3) is 0 Å². The van der Waals surface area contributed by atoms with Crippen LogP contribution in [0.2, 0.25) is 0 Å². The number of aromatic nitrogens is 4. The minimum atomic E-state index is -1.13. The molecular weight excluding hydrogens is 298 g/mol. The molecule has 0 atom stereocenters. The van der Waals surface area contributed by atoms with E-state index in [1.165, 1.54) is 18.7 Å². The molecule has 0 saturated carbocycles. The van der Waals surface area contributed by atoms with E-state index >= 15 is 0 Å². The monoisotopic (exact) mass is 315 g/mol. The first-order valence-electron chi connectivity index (χ1n) is 7.19. The number of aromatic carboxylic acids is 1. The first kappa shape index (κ1) is 15.1. The largest absolute Gasteiger partial charge is 0.476 e. The number of hydrogen-bond donors (Lipinski definition) is 2. The lowest BCUT2D eigenvalue weighted by atomic mass is 10.3. The maximum Gasteiger partial charge on any atom is 0.358 e. The fourth-order valence-electron chi connectivity index (χ4n) is 2.31. The Morgan fingerprint density at radius 3 is 2.52 bits per heavy atom. The molecule has 0 bridgehead atoms. The fourth-order valence-corrected chi connectivity index (χ4v) is 2.31. The zero-order valence-corrected chi connectivity index (χ0v) is 12.7. The van der Waals surface area contributed by atoms with Gasteiger partial charge in [-0.25, -0.2) is 24.7 Å². The van der Waals surface area contributed by atoms with E-state index in [-0.39, 0.29) is 11.5 Å². The van der Waals surface area contributed by atoms with Crippen LogP contribution in [-0.4, -0.2) is 69.1 Å². The van der Waals surface area contributed by atoms with E-state index in [0.717, 1.165) is 26.2 Å². The molecule has 0 aromatic carbocycles. The van der Waals surface area contributed by atoms with E-state index in [4.69, 9.17) is 0 Å². The van der Waals surface area contributed by atoms with Crippen molar-refractivity contribution in [1.29, 1.82) is 0 Å². The van der Waals surface area contributed by atoms with Crippen LogP contribution in [-0.2, 0) is 0 Å². The maximum absolute atomic E-state index is 11.5. The summed E-state index contributed by atoms with van der Waals surface area (Å²) < 4.78 is 0. The summed E-state index contributed by atoms with van der Waals surface area (Å²) in [7, 11) is 2.06. The van der Waals surface area contributed by atoms with Crippen molar-refractivity contribution in [2.75, 3.05) is 43.4 Å². The third-order valence-corrected chi connectivity index (χ3v) is 3.61. The topological polar surface area (TPSA) is 107 Å². The number of piperazine rings is 1. The first-order chi connectivity index (χ1) is 11.1. The molecule has 1 fully saturated rings. The van der Waals surface area contributed by atoms with E-state index in [1.807, 2.05) is 4.90 Å². The molecule has 0 radical (unpaired) electrons. The van der Waals surface area contributed by atoms with Gasteiger partial charge in [-0.3, -0.25) is 0 Å². The van der Waals surface area contributed by atoms with Gasteiger partial charge in [-0.2, -0.15) is 0 Å². The number of likely N-dealkylation sites (N-methyl/N-ethyl adjacent to an activating group) is 1. The second kappa shape index (κ2) is 6.53. The average Bonchev–Trinajstić information content (AvgIpc) is 2.57. The van der Waals surface area contributed by atoms with Crippen LogP contribution in [0.5, 0.6) is 0 Å². The van der Waals surface area contributed by atoms with E-state index in [9.17, 15) is 9.90 Å². The van der Waals surface area contributed by atoms with Crippen molar-refractivity contribution in [3.05, 3.63) is 30.6 Å². The fraction of sp³-hybridized carbons (Fsp3) is 0.357. The molecule has 2 N–H and O–H groups in total. The van der Waals surface area contributed by atoms with Gasteiger partial charge in [0.2, 0.25) is 0 Å². The van der Waals surface area contributed by atoms with Gasteiger partial charge in [-0.1, -0.05) is 0 Å². The van der Waals surface area contributed by atoms with Crippen LogP contribution < -0.4 is 10.2 Å². The first-order valence-corrected chi connectivity index (χ1v) is 7.19. The summed E-state index contributed by atoms with van der Waals surface area (Å²) in [6.45, 7) is 3.41. The Hall–Kier alpha value is -2.81. The van der Waals surface area contributed by atoms with Crippen LogP contribution in [0, 0.1) is 0 Å². The lowest BCUT2D eigenvalue weighted by molar-refractivity contribution is 0.0691. The Labute approximate surface area is 133 Å². The van der Waals surface area contributed by atoms with Gasteiger partial charge < -0.3 is 20.2 Å². The molecule has 0 amide bonds. The van der Waals surface area contributed by atoms with Crippen molar-refractivity contribution in [2.24, 2.45) is 0 Å². The normalized spacial score (nSPS) is 15.4. The molecule has 2 aromatic rings. The summed E-state index contributed by atoms with van der Waals surface area (Å²) in [4.78, 5) is 32.0. The molecule has 1 aliphatic heterocycles. The van der Waals surface area contributed by atoms with Crippen molar-refractivity contribution >= 4 is 23.3 Å². The molecule has 0 spiro atoms. The van der Waals surface area contributed by atoms with Gasteiger partial charge in [0.05, 0.1) is 24.3 Å². The molecule has 9 nitrogen and oxygen atoms in total. The van der Waals surface area contributed by atoms with Crippen LogP contribution in [0.25, 0.3) is 0 Å². The summed E-state index contributed by atoms with van der Waals surface area (Å²) in [5, 5.41) is 12.3. The molecule has 1 saturated heterocycles. The molecule has 3 heterocycles. The standard InChI is InChI=1S/C14H17N7O2/c1-20-2-4-21(5-3-20)11-8-17-13(12(19-11)14(22)23)18-10-6-15-9-16-7-10/h6-9H,2-5H2,1H3,(H,17,18)(H,22,23). The van der Waals surface area contributed by atoms with Crippen molar-refractivity contribution in [1.82, 2.24) is 24.8 Å². The minimum absolute atomic E-state index is 0.120. The van der Waals surface area contributed by atoms with E-state index in [0.29, 0.717) is 11.5 Å². The number of carbonyl (C=O) groups is 1. The molecule has 2 aromatic heterocycles. The quantitative estimate of drug-likeness (QED) is 0.831. The van der Waals surface area contributed by atoms with Gasteiger partial charge in [-0.15, -0.1) is 0 Å². The zero-order chi connectivity index (χ0) is 16.2. The third kappa shape index (κ3) is 3.51. The number of hydrogen-bond acceptors (Lipinski definition) is 8. The van der Waals surface area contributed by atoms with Gasteiger partial charge in [0, 0.05) is 26.2 Å². The highest BCUT2D eigenvalue weighted by Gasteiger charge is 2.20. The van der Waals surface area contributed by atoms with Crippen LogP contribution in [0.1, 0.15) is 10.5 Å². The highest BCUT2D eigenvalue weighted by molar-refractivity contribution is 5.92. The highest BCUT2D eigenvalue weighted by Crippen LogP contribution is 2.20. The zero-order valence-electron chi connectivity index (χ0n) is 12.7. The smallest absolute Gasteiger partial charge is 0.358 e. The molecule has 9 heteroatoms. The summed E-state index contributed by atoms with van der Waals surface area (Å²) in [5.74, 6) is -0.386. The summed E-state index contributed by atoms with van der Waals surface area (Å²) in [6, 6.07) is 0. The molecule has 23 heavy (non-hydrogen) atoms. The Kier molecular flexibility index (Phi) is 4.29. The van der Waals surface area contributed by atoms with Crippen molar-refractivity contribution in [3.63, 3.8) is 0 Å². The second-order valence-electron chi connectivity index (χ2n) is 5.27. The number of nitrogens with one attached hydrogen (secondary N) is 1. The van der Waals surface area contributed by atoms with Crippen molar-refractivity contribution < 1.29 is 9.90 Å². The van der Waals surface area contributed by atoms with Gasteiger partial charge in [0.1, 0.15) is 12.1 Å². The molecule has 0 aliphatic carbocycles. The van der Waals surface area contributed by atoms with Crippen molar-refractivity contribution in [3.8, 4) is 0 Å². The summed E-state index contributed by atoms with van der Waals surface area (Å²) in [5.41, 5.74) is 0.432. The Morgan fingerprint density at radius 1 is 1.17 bits per heavy atom. The van der Waals surface area contributed by atoms with Crippen LogP contribution in [0.4, 0.5) is 17.3 Å². The SMILES string of the molecule is CN1CCN(c2cnc(Nc3cncnc3)c(C(=O)O)n2)CC1. The molecular formula is C14H17N7O2. The Balaban J connectivity index is 1.85. The predicted molar refractivity (Wildman–Crippen MR) is 84.0 cm³/mol. The van der Waals surface area contributed by atoms with E-state index in [2.05, 4.69) is 37.2 Å². The Morgan fingerprint density at radius 2 is 1.87 bits per heavy atom. The minimum Gasteiger partial charge on any atom is -0.476 e. The number of rotatable bonds is 4.